The summed E-state index contributed by atoms with van der Waals surface area (Å²) in [7, 11) is 1.68. The molecule has 0 amide bonds. The van der Waals surface area contributed by atoms with Crippen LogP contribution in [0.5, 0.6) is 11.5 Å². The van der Waals surface area contributed by atoms with E-state index in [1.165, 1.54) is 4.68 Å². The second kappa shape index (κ2) is 4.92. The average Bonchev–Trinajstić information content (AvgIpc) is 2.59. The first kappa shape index (κ1) is 14.0. The van der Waals surface area contributed by atoms with Crippen LogP contribution >= 0.6 is 0 Å². The Morgan fingerprint density at radius 3 is 2.20 bits per heavy atom. The summed E-state index contributed by atoms with van der Waals surface area (Å²) in [6.45, 7) is 3.33. The maximum Gasteiger partial charge on any atom is 0.335 e. The quantitative estimate of drug-likeness (QED) is 0.940. The van der Waals surface area contributed by atoms with Crippen LogP contribution < -0.4 is 4.74 Å². The lowest BCUT2D eigenvalue weighted by Gasteiger charge is -2.09. The lowest BCUT2D eigenvalue weighted by atomic mass is 10.2. The molecule has 0 atom stereocenters. The molecule has 0 aliphatic carbocycles. The molecule has 0 bridgehead atoms. The van der Waals surface area contributed by atoms with E-state index in [4.69, 9.17) is 9.84 Å². The zero-order valence-electron chi connectivity index (χ0n) is 11.1. The molecule has 0 radical (unpaired) electrons. The molecule has 0 aliphatic heterocycles. The number of carboxylic acid groups (broad SMARTS) is 1. The summed E-state index contributed by atoms with van der Waals surface area (Å²) >= 11 is 0. The van der Waals surface area contributed by atoms with Crippen molar-refractivity contribution in [3.05, 3.63) is 40.7 Å². The minimum absolute atomic E-state index is 0.244. The van der Waals surface area contributed by atoms with Gasteiger partial charge < -0.3 is 9.84 Å². The van der Waals surface area contributed by atoms with Crippen LogP contribution in [0.3, 0.4) is 0 Å². The number of rotatable bonds is 3. The number of halogens is 2. The van der Waals surface area contributed by atoms with Gasteiger partial charge in [0.25, 0.3) is 0 Å². The fourth-order valence-corrected chi connectivity index (χ4v) is 1.78. The number of nitrogens with zero attached hydrogens (tertiary/aromatic N) is 2. The zero-order valence-corrected chi connectivity index (χ0v) is 11.1. The molecule has 0 unspecified atom stereocenters. The van der Waals surface area contributed by atoms with Crippen molar-refractivity contribution in [2.75, 3.05) is 0 Å². The molecule has 0 aliphatic rings. The Hall–Kier alpha value is -2.44. The van der Waals surface area contributed by atoms with Gasteiger partial charge in [0.1, 0.15) is 5.69 Å². The Bertz CT molecular complexity index is 672. The minimum Gasteiger partial charge on any atom is -0.478 e. The highest BCUT2D eigenvalue weighted by Gasteiger charge is 2.20. The first-order valence-corrected chi connectivity index (χ1v) is 5.71. The largest absolute Gasteiger partial charge is 0.478 e. The Balaban J connectivity index is 2.47. The van der Waals surface area contributed by atoms with E-state index in [0.717, 1.165) is 0 Å². The standard InChI is InChI=1S/C13H12F2N2O3/c1-6-11(7(2)17(3)16-6)20-12-9(14)4-8(13(18)19)5-10(12)15/h4-5H,1-3H3,(H,18,19). The SMILES string of the molecule is Cc1nn(C)c(C)c1Oc1c(F)cc(C(=O)O)cc1F. The highest BCUT2D eigenvalue weighted by Crippen LogP contribution is 2.32. The summed E-state index contributed by atoms with van der Waals surface area (Å²) < 4.78 is 34.3. The summed E-state index contributed by atoms with van der Waals surface area (Å²) in [5.74, 6) is -3.97. The van der Waals surface area contributed by atoms with Crippen LogP contribution in [0.2, 0.25) is 0 Å². The molecule has 0 spiro atoms. The lowest BCUT2D eigenvalue weighted by molar-refractivity contribution is 0.0695. The first-order valence-electron chi connectivity index (χ1n) is 5.71. The predicted molar refractivity (Wildman–Crippen MR) is 66.1 cm³/mol. The van der Waals surface area contributed by atoms with Crippen molar-refractivity contribution in [2.24, 2.45) is 7.05 Å². The average molecular weight is 282 g/mol. The Morgan fingerprint density at radius 2 is 1.80 bits per heavy atom. The normalized spacial score (nSPS) is 10.7. The van der Waals surface area contributed by atoms with Gasteiger partial charge in [-0.3, -0.25) is 4.68 Å². The molecule has 1 N–H and O–H groups in total. The van der Waals surface area contributed by atoms with Crippen molar-refractivity contribution in [3.8, 4) is 11.5 Å². The van der Waals surface area contributed by atoms with Crippen molar-refractivity contribution in [3.63, 3.8) is 0 Å². The van der Waals surface area contributed by atoms with Gasteiger partial charge in [0, 0.05) is 7.05 Å². The maximum absolute atomic E-state index is 13.8. The Morgan fingerprint density at radius 1 is 1.25 bits per heavy atom. The second-order valence-corrected chi connectivity index (χ2v) is 4.30. The summed E-state index contributed by atoms with van der Waals surface area (Å²) in [5, 5.41) is 12.8. The minimum atomic E-state index is -1.41. The van der Waals surface area contributed by atoms with Gasteiger partial charge in [-0.1, -0.05) is 0 Å². The van der Waals surface area contributed by atoms with Crippen molar-refractivity contribution < 1.29 is 23.4 Å². The van der Waals surface area contributed by atoms with Crippen LogP contribution in [-0.4, -0.2) is 20.9 Å². The molecule has 0 saturated heterocycles. The smallest absolute Gasteiger partial charge is 0.335 e. The van der Waals surface area contributed by atoms with Crippen LogP contribution in [0, 0.1) is 25.5 Å². The molecule has 2 rings (SSSR count). The molecular weight excluding hydrogens is 270 g/mol. The molecule has 1 aromatic heterocycles. The molecule has 20 heavy (non-hydrogen) atoms. The first-order chi connectivity index (χ1) is 9.31. The third-order valence-corrected chi connectivity index (χ3v) is 2.89. The van der Waals surface area contributed by atoms with E-state index >= 15 is 0 Å². The number of hydrogen-bond acceptors (Lipinski definition) is 3. The van der Waals surface area contributed by atoms with Crippen molar-refractivity contribution in [1.82, 2.24) is 9.78 Å². The molecule has 5 nitrogen and oxygen atoms in total. The number of aromatic nitrogens is 2. The number of benzene rings is 1. The van der Waals surface area contributed by atoms with E-state index in [-0.39, 0.29) is 5.75 Å². The molecular formula is C13H12F2N2O3. The van der Waals surface area contributed by atoms with Crippen molar-refractivity contribution in [2.45, 2.75) is 13.8 Å². The summed E-state index contributed by atoms with van der Waals surface area (Å²) in [6, 6.07) is 1.42. The van der Waals surface area contributed by atoms with Crippen LogP contribution in [-0.2, 0) is 7.05 Å². The van der Waals surface area contributed by atoms with Gasteiger partial charge in [0.05, 0.1) is 11.3 Å². The molecule has 0 fully saturated rings. The fourth-order valence-electron chi connectivity index (χ4n) is 1.78. The summed E-state index contributed by atoms with van der Waals surface area (Å²) in [6.07, 6.45) is 0. The Kier molecular flexibility index (Phi) is 3.44. The number of aromatic carboxylic acids is 1. The molecule has 106 valence electrons. The van der Waals surface area contributed by atoms with Gasteiger partial charge in [-0.15, -0.1) is 0 Å². The monoisotopic (exact) mass is 282 g/mol. The lowest BCUT2D eigenvalue weighted by Crippen LogP contribution is -2.01. The number of ether oxygens (including phenoxy) is 1. The van der Waals surface area contributed by atoms with Gasteiger partial charge >= 0.3 is 5.97 Å². The Labute approximate surface area is 113 Å². The van der Waals surface area contributed by atoms with E-state index in [2.05, 4.69) is 5.10 Å². The highest BCUT2D eigenvalue weighted by molar-refractivity contribution is 5.87. The number of carboxylic acids is 1. The van der Waals surface area contributed by atoms with Crippen molar-refractivity contribution >= 4 is 5.97 Å². The van der Waals surface area contributed by atoms with Gasteiger partial charge in [-0.05, 0) is 26.0 Å². The third kappa shape index (κ3) is 2.34. The van der Waals surface area contributed by atoms with E-state index < -0.39 is 28.9 Å². The summed E-state index contributed by atoms with van der Waals surface area (Å²) in [4.78, 5) is 10.7. The van der Waals surface area contributed by atoms with Gasteiger partial charge in [-0.2, -0.15) is 5.10 Å². The molecule has 7 heteroatoms. The summed E-state index contributed by atoms with van der Waals surface area (Å²) in [5.41, 5.74) is 0.599. The number of aryl methyl sites for hydroxylation is 2. The van der Waals surface area contributed by atoms with E-state index in [1.807, 2.05) is 0 Å². The maximum atomic E-state index is 13.8. The second-order valence-electron chi connectivity index (χ2n) is 4.30. The van der Waals surface area contributed by atoms with E-state index in [0.29, 0.717) is 23.5 Å². The number of hydrogen-bond donors (Lipinski definition) is 1. The topological polar surface area (TPSA) is 64.4 Å². The molecule has 1 aromatic carbocycles. The molecule has 0 saturated carbocycles. The number of carbonyl (C=O) groups is 1. The van der Waals surface area contributed by atoms with Gasteiger partial charge in [0.15, 0.2) is 23.1 Å². The molecule has 1 heterocycles. The van der Waals surface area contributed by atoms with E-state index in [1.54, 1.807) is 20.9 Å². The predicted octanol–water partition coefficient (Wildman–Crippen LogP) is 2.81. The van der Waals surface area contributed by atoms with Crippen LogP contribution in [0.1, 0.15) is 21.7 Å². The molecule has 2 aromatic rings. The zero-order chi connectivity index (χ0) is 15.0. The van der Waals surface area contributed by atoms with Crippen molar-refractivity contribution in [1.29, 1.82) is 0 Å². The highest BCUT2D eigenvalue weighted by atomic mass is 19.1. The van der Waals surface area contributed by atoms with Gasteiger partial charge in [-0.25, -0.2) is 13.6 Å². The van der Waals surface area contributed by atoms with Crippen LogP contribution in [0.4, 0.5) is 8.78 Å². The third-order valence-electron chi connectivity index (χ3n) is 2.89. The van der Waals surface area contributed by atoms with Crippen LogP contribution in [0.25, 0.3) is 0 Å². The van der Waals surface area contributed by atoms with Crippen LogP contribution in [0.15, 0.2) is 12.1 Å². The van der Waals surface area contributed by atoms with Gasteiger partial charge in [0.2, 0.25) is 0 Å². The van der Waals surface area contributed by atoms with E-state index in [9.17, 15) is 13.6 Å². The fraction of sp³-hybridized carbons (Fsp3) is 0.231.